The van der Waals surface area contributed by atoms with Crippen LogP contribution in [0.4, 0.5) is 8.78 Å². The molecule has 0 bridgehead atoms. The fraction of sp³-hybridized carbons (Fsp3) is 0.200. The first-order valence-electron chi connectivity index (χ1n) is 4.15. The van der Waals surface area contributed by atoms with E-state index in [0.717, 1.165) is 6.07 Å². The number of hydrogen-bond acceptors (Lipinski definition) is 3. The van der Waals surface area contributed by atoms with Gasteiger partial charge in [-0.2, -0.15) is 14.0 Å². The van der Waals surface area contributed by atoms with Crippen molar-refractivity contribution in [2.75, 3.05) is 0 Å². The van der Waals surface area contributed by atoms with Crippen molar-refractivity contribution in [1.29, 1.82) is 5.26 Å². The Morgan fingerprint density at radius 1 is 1.56 bits per heavy atom. The van der Waals surface area contributed by atoms with Gasteiger partial charge in [-0.25, -0.2) is 0 Å². The predicted molar refractivity (Wildman–Crippen MR) is 52.8 cm³/mol. The SMILES string of the molecule is CC(=O)c1ccc(OC(F)F)c(Cl)c1C#N. The van der Waals surface area contributed by atoms with E-state index in [9.17, 15) is 13.6 Å². The third-order valence-corrected chi connectivity index (χ3v) is 2.19. The summed E-state index contributed by atoms with van der Waals surface area (Å²) in [6.45, 7) is -1.78. The Kier molecular flexibility index (Phi) is 3.80. The van der Waals surface area contributed by atoms with Crippen LogP contribution in [0.5, 0.6) is 5.75 Å². The zero-order valence-corrected chi connectivity index (χ0v) is 8.89. The summed E-state index contributed by atoms with van der Waals surface area (Å²) in [6, 6.07) is 4.04. The molecule has 0 unspecified atom stereocenters. The number of carbonyl (C=O) groups is 1. The fourth-order valence-corrected chi connectivity index (χ4v) is 1.40. The van der Waals surface area contributed by atoms with Crippen LogP contribution in [0.15, 0.2) is 12.1 Å². The van der Waals surface area contributed by atoms with Gasteiger partial charge in [-0.15, -0.1) is 0 Å². The molecule has 0 fully saturated rings. The molecule has 6 heteroatoms. The Morgan fingerprint density at radius 2 is 2.19 bits per heavy atom. The molecular formula is C10H6ClF2NO2. The molecule has 0 aliphatic rings. The second-order valence-electron chi connectivity index (χ2n) is 2.85. The van der Waals surface area contributed by atoms with E-state index in [0.29, 0.717) is 0 Å². The van der Waals surface area contributed by atoms with Crippen LogP contribution >= 0.6 is 11.6 Å². The van der Waals surface area contributed by atoms with Gasteiger partial charge in [0.1, 0.15) is 16.8 Å². The molecule has 0 spiro atoms. The van der Waals surface area contributed by atoms with Crippen LogP contribution in [0.3, 0.4) is 0 Å². The van der Waals surface area contributed by atoms with Crippen LogP contribution in [-0.4, -0.2) is 12.4 Å². The average Bonchev–Trinajstić information content (AvgIpc) is 2.19. The molecule has 84 valence electrons. The highest BCUT2D eigenvalue weighted by molar-refractivity contribution is 6.33. The number of benzene rings is 1. The van der Waals surface area contributed by atoms with Crippen LogP contribution in [0, 0.1) is 11.3 Å². The molecule has 1 aromatic rings. The Bertz CT molecular complexity index is 469. The zero-order chi connectivity index (χ0) is 12.3. The highest BCUT2D eigenvalue weighted by Gasteiger charge is 2.17. The first-order valence-corrected chi connectivity index (χ1v) is 4.53. The molecule has 0 heterocycles. The number of ether oxygens (including phenoxy) is 1. The number of halogens is 3. The maximum atomic E-state index is 12.0. The molecule has 0 amide bonds. The Hall–Kier alpha value is -1.67. The lowest BCUT2D eigenvalue weighted by Gasteiger charge is -2.09. The Balaban J connectivity index is 3.30. The molecule has 1 aromatic carbocycles. The topological polar surface area (TPSA) is 50.1 Å². The molecule has 0 aliphatic carbocycles. The van der Waals surface area contributed by atoms with Gasteiger partial charge in [-0.1, -0.05) is 11.6 Å². The third-order valence-electron chi connectivity index (χ3n) is 1.81. The van der Waals surface area contributed by atoms with Crippen molar-refractivity contribution in [1.82, 2.24) is 0 Å². The van der Waals surface area contributed by atoms with Crippen molar-refractivity contribution in [2.45, 2.75) is 13.5 Å². The number of nitrogens with zero attached hydrogens (tertiary/aromatic N) is 1. The molecule has 1 rings (SSSR count). The van der Waals surface area contributed by atoms with E-state index in [4.69, 9.17) is 16.9 Å². The van der Waals surface area contributed by atoms with Crippen LogP contribution in [0.1, 0.15) is 22.8 Å². The second kappa shape index (κ2) is 4.90. The van der Waals surface area contributed by atoms with Gasteiger partial charge >= 0.3 is 6.61 Å². The number of rotatable bonds is 3. The van der Waals surface area contributed by atoms with Gasteiger partial charge < -0.3 is 4.74 Å². The number of hydrogen-bond donors (Lipinski definition) is 0. The van der Waals surface area contributed by atoms with E-state index in [1.807, 2.05) is 0 Å². The summed E-state index contributed by atoms with van der Waals surface area (Å²) in [5.74, 6) is -0.694. The van der Waals surface area contributed by atoms with E-state index in [2.05, 4.69) is 4.74 Å². The molecule has 0 radical (unpaired) electrons. The minimum atomic E-state index is -3.03. The summed E-state index contributed by atoms with van der Waals surface area (Å²) in [5.41, 5.74) is -0.0820. The quantitative estimate of drug-likeness (QED) is 0.769. The van der Waals surface area contributed by atoms with E-state index in [1.165, 1.54) is 13.0 Å². The van der Waals surface area contributed by atoms with E-state index < -0.39 is 6.61 Å². The summed E-state index contributed by atoms with van der Waals surface area (Å²) in [5, 5.41) is 8.50. The van der Waals surface area contributed by atoms with E-state index >= 15 is 0 Å². The smallest absolute Gasteiger partial charge is 0.387 e. The molecule has 0 atom stereocenters. The monoisotopic (exact) mass is 245 g/mol. The molecular weight excluding hydrogens is 240 g/mol. The van der Waals surface area contributed by atoms with Crippen LogP contribution in [0.2, 0.25) is 5.02 Å². The average molecular weight is 246 g/mol. The van der Waals surface area contributed by atoms with E-state index in [-0.39, 0.29) is 27.7 Å². The summed E-state index contributed by atoms with van der Waals surface area (Å²) in [7, 11) is 0. The number of Topliss-reactive ketones (excluding diaryl/α,β-unsaturated/α-hetero) is 1. The van der Waals surface area contributed by atoms with Gasteiger partial charge in [-0.3, -0.25) is 4.79 Å². The summed E-state index contributed by atoms with van der Waals surface area (Å²) in [6.07, 6.45) is 0. The van der Waals surface area contributed by atoms with Gasteiger partial charge in [0.25, 0.3) is 0 Å². The van der Waals surface area contributed by atoms with Crippen molar-refractivity contribution in [3.8, 4) is 11.8 Å². The molecule has 0 saturated heterocycles. The lowest BCUT2D eigenvalue weighted by molar-refractivity contribution is -0.0497. The van der Waals surface area contributed by atoms with Gasteiger partial charge in [0, 0.05) is 5.56 Å². The maximum Gasteiger partial charge on any atom is 0.387 e. The first-order chi connectivity index (χ1) is 7.47. The minimum absolute atomic E-state index is 0.0779. The summed E-state index contributed by atoms with van der Waals surface area (Å²) >= 11 is 5.67. The number of carbonyl (C=O) groups excluding carboxylic acids is 1. The molecule has 3 nitrogen and oxygen atoms in total. The summed E-state index contributed by atoms with van der Waals surface area (Å²) in [4.78, 5) is 11.1. The number of ketones is 1. The predicted octanol–water partition coefficient (Wildman–Crippen LogP) is 3.02. The third kappa shape index (κ3) is 2.47. The normalized spacial score (nSPS) is 10.0. The minimum Gasteiger partial charge on any atom is -0.433 e. The van der Waals surface area contributed by atoms with Crippen LogP contribution < -0.4 is 4.74 Å². The van der Waals surface area contributed by atoms with Crippen LogP contribution in [0.25, 0.3) is 0 Å². The van der Waals surface area contributed by atoms with E-state index in [1.54, 1.807) is 6.07 Å². The van der Waals surface area contributed by atoms with Crippen molar-refractivity contribution >= 4 is 17.4 Å². The van der Waals surface area contributed by atoms with Gasteiger partial charge in [0.2, 0.25) is 0 Å². The fourth-order valence-electron chi connectivity index (χ4n) is 1.15. The number of alkyl halides is 2. The highest BCUT2D eigenvalue weighted by atomic mass is 35.5. The highest BCUT2D eigenvalue weighted by Crippen LogP contribution is 2.31. The van der Waals surface area contributed by atoms with Crippen molar-refractivity contribution in [3.63, 3.8) is 0 Å². The maximum absolute atomic E-state index is 12.0. The molecule has 16 heavy (non-hydrogen) atoms. The van der Waals surface area contributed by atoms with Crippen molar-refractivity contribution < 1.29 is 18.3 Å². The van der Waals surface area contributed by atoms with Crippen molar-refractivity contribution in [2.24, 2.45) is 0 Å². The first kappa shape index (κ1) is 12.4. The van der Waals surface area contributed by atoms with Crippen LogP contribution in [-0.2, 0) is 0 Å². The zero-order valence-electron chi connectivity index (χ0n) is 8.13. The summed E-state index contributed by atoms with van der Waals surface area (Å²) < 4.78 is 28.0. The molecule has 0 aliphatic heterocycles. The molecule has 0 saturated carbocycles. The molecule has 0 N–H and O–H groups in total. The number of nitriles is 1. The standard InChI is InChI=1S/C10H6ClF2NO2/c1-5(15)6-2-3-8(16-10(12)13)9(11)7(6)4-14/h2-3,10H,1H3. The Labute approximate surface area is 95.2 Å². The second-order valence-corrected chi connectivity index (χ2v) is 3.22. The van der Waals surface area contributed by atoms with Crippen molar-refractivity contribution in [3.05, 3.63) is 28.3 Å². The molecule has 0 aromatic heterocycles. The lowest BCUT2D eigenvalue weighted by Crippen LogP contribution is -2.05. The van der Waals surface area contributed by atoms with Gasteiger partial charge in [-0.05, 0) is 19.1 Å². The van der Waals surface area contributed by atoms with Gasteiger partial charge in [0.05, 0.1) is 5.56 Å². The van der Waals surface area contributed by atoms with Gasteiger partial charge in [0.15, 0.2) is 5.78 Å². The lowest BCUT2D eigenvalue weighted by atomic mass is 10.0. The Morgan fingerprint density at radius 3 is 2.62 bits per heavy atom. The largest absolute Gasteiger partial charge is 0.433 e.